The lowest BCUT2D eigenvalue weighted by molar-refractivity contribution is 1.38. The number of rotatable bonds is 1. The number of hydrogen-bond donors (Lipinski definition) is 0. The van der Waals surface area contributed by atoms with Crippen LogP contribution in [0.4, 0.5) is 0 Å². The molecule has 2 heteroatoms. The van der Waals surface area contributed by atoms with Gasteiger partial charge in [-0.2, -0.15) is 0 Å². The van der Waals surface area contributed by atoms with Gasteiger partial charge in [0.1, 0.15) is 0 Å². The van der Waals surface area contributed by atoms with E-state index in [2.05, 4.69) is 6.92 Å². The van der Waals surface area contributed by atoms with Crippen LogP contribution in [0.3, 0.4) is 0 Å². The van der Waals surface area contributed by atoms with Crippen LogP contribution in [-0.4, -0.2) is 0 Å². The first-order valence-corrected chi connectivity index (χ1v) is 4.32. The van der Waals surface area contributed by atoms with Crippen LogP contribution >= 0.6 is 21.7 Å². The van der Waals surface area contributed by atoms with Crippen molar-refractivity contribution in [3.05, 3.63) is 29.8 Å². The summed E-state index contributed by atoms with van der Waals surface area (Å²) in [6.07, 6.45) is 0. The minimum Gasteiger partial charge on any atom is -0.0582 e. The average molecular weight is 159 g/mol. The molecular formula is C7H7ClS. The van der Waals surface area contributed by atoms with Crippen molar-refractivity contribution >= 4 is 21.7 Å². The van der Waals surface area contributed by atoms with E-state index < -0.39 is 0 Å². The highest BCUT2D eigenvalue weighted by molar-refractivity contribution is 8.21. The van der Waals surface area contributed by atoms with Gasteiger partial charge in [-0.15, -0.1) is 0 Å². The van der Waals surface area contributed by atoms with E-state index in [4.69, 9.17) is 10.7 Å². The van der Waals surface area contributed by atoms with Gasteiger partial charge in [-0.3, -0.25) is 0 Å². The fraction of sp³-hybridized carbons (Fsp3) is 0.143. The van der Waals surface area contributed by atoms with Crippen molar-refractivity contribution < 1.29 is 0 Å². The maximum absolute atomic E-state index is 5.50. The molecule has 0 radical (unpaired) electrons. The molecule has 9 heavy (non-hydrogen) atoms. The van der Waals surface area contributed by atoms with E-state index in [1.165, 1.54) is 16.5 Å². The van der Waals surface area contributed by atoms with Crippen LogP contribution in [0.2, 0.25) is 0 Å². The third-order valence-electron chi connectivity index (χ3n) is 1.11. The topological polar surface area (TPSA) is 0 Å². The first-order valence-electron chi connectivity index (χ1n) is 2.68. The second-order valence-corrected chi connectivity index (χ2v) is 2.98. The molecule has 0 aliphatic rings. The highest BCUT2D eigenvalue weighted by Gasteiger charge is 1.87. The summed E-state index contributed by atoms with van der Waals surface area (Å²) in [5.74, 6) is 0. The molecule has 1 aromatic rings. The van der Waals surface area contributed by atoms with E-state index in [0.29, 0.717) is 0 Å². The summed E-state index contributed by atoms with van der Waals surface area (Å²) < 4.78 is 0. The van der Waals surface area contributed by atoms with Crippen LogP contribution in [0.1, 0.15) is 5.56 Å². The Hall–Kier alpha value is -0.140. The Morgan fingerprint density at radius 3 is 2.22 bits per heavy atom. The lowest BCUT2D eigenvalue weighted by Gasteiger charge is -1.92. The number of aryl methyl sites for hydroxylation is 1. The highest BCUT2D eigenvalue weighted by atomic mass is 35.7. The summed E-state index contributed by atoms with van der Waals surface area (Å²) in [4.78, 5) is 1.10. The highest BCUT2D eigenvalue weighted by Crippen LogP contribution is 2.21. The van der Waals surface area contributed by atoms with Gasteiger partial charge in [-0.25, -0.2) is 0 Å². The molecule has 0 aliphatic carbocycles. The molecule has 0 aliphatic heterocycles. The van der Waals surface area contributed by atoms with Gasteiger partial charge in [-0.05, 0) is 40.7 Å². The van der Waals surface area contributed by atoms with Crippen LogP contribution in [0.15, 0.2) is 29.2 Å². The quantitative estimate of drug-likeness (QED) is 0.605. The van der Waals surface area contributed by atoms with Gasteiger partial charge >= 0.3 is 0 Å². The molecular weight excluding hydrogens is 152 g/mol. The number of hydrogen-bond acceptors (Lipinski definition) is 1. The van der Waals surface area contributed by atoms with E-state index in [-0.39, 0.29) is 0 Å². The molecule has 0 unspecified atom stereocenters. The van der Waals surface area contributed by atoms with Gasteiger partial charge in [0.15, 0.2) is 0 Å². The molecule has 0 fully saturated rings. The molecule has 0 atom stereocenters. The summed E-state index contributed by atoms with van der Waals surface area (Å²) in [6.45, 7) is 2.06. The fourth-order valence-electron chi connectivity index (χ4n) is 0.590. The van der Waals surface area contributed by atoms with E-state index >= 15 is 0 Å². The molecule has 0 heterocycles. The second-order valence-electron chi connectivity index (χ2n) is 1.89. The monoisotopic (exact) mass is 158 g/mol. The van der Waals surface area contributed by atoms with Gasteiger partial charge in [0.05, 0.1) is 0 Å². The van der Waals surface area contributed by atoms with Crippen molar-refractivity contribution in [2.75, 3.05) is 0 Å². The van der Waals surface area contributed by atoms with Gasteiger partial charge < -0.3 is 0 Å². The number of halogens is 1. The lowest BCUT2D eigenvalue weighted by atomic mass is 10.2. The van der Waals surface area contributed by atoms with Crippen molar-refractivity contribution in [1.82, 2.24) is 0 Å². The van der Waals surface area contributed by atoms with Crippen molar-refractivity contribution in [3.8, 4) is 0 Å². The summed E-state index contributed by atoms with van der Waals surface area (Å²) in [7, 11) is 6.75. The summed E-state index contributed by atoms with van der Waals surface area (Å²) >= 11 is 0. The third-order valence-corrected chi connectivity index (χ3v) is 2.09. The van der Waals surface area contributed by atoms with Gasteiger partial charge in [0, 0.05) is 4.90 Å². The normalized spacial score (nSPS) is 9.56. The minimum absolute atomic E-state index is 1.10. The zero-order chi connectivity index (χ0) is 6.69. The lowest BCUT2D eigenvalue weighted by Crippen LogP contribution is -1.68. The van der Waals surface area contributed by atoms with Crippen molar-refractivity contribution in [2.24, 2.45) is 0 Å². The SMILES string of the molecule is Cc1ccc(SCl)cc1. The van der Waals surface area contributed by atoms with Gasteiger partial charge in [0.25, 0.3) is 0 Å². The predicted octanol–water partition coefficient (Wildman–Crippen LogP) is 3.24. The third kappa shape index (κ3) is 1.92. The Labute approximate surface area is 63.7 Å². The Kier molecular flexibility index (Phi) is 2.43. The molecule has 0 nitrogen and oxygen atoms in total. The van der Waals surface area contributed by atoms with Crippen molar-refractivity contribution in [3.63, 3.8) is 0 Å². The number of benzene rings is 1. The summed E-state index contributed by atoms with van der Waals surface area (Å²) in [6, 6.07) is 8.11. The van der Waals surface area contributed by atoms with Crippen LogP contribution in [-0.2, 0) is 0 Å². The van der Waals surface area contributed by atoms with Crippen molar-refractivity contribution in [1.29, 1.82) is 0 Å². The maximum Gasteiger partial charge on any atom is 0.0233 e. The molecule has 48 valence electrons. The molecule has 0 amide bonds. The Balaban J connectivity index is 2.88. The zero-order valence-electron chi connectivity index (χ0n) is 5.10. The van der Waals surface area contributed by atoms with E-state index in [9.17, 15) is 0 Å². The zero-order valence-corrected chi connectivity index (χ0v) is 6.67. The molecule has 0 N–H and O–H groups in total. The maximum atomic E-state index is 5.50. The fourth-order valence-corrected chi connectivity index (χ4v) is 1.14. The summed E-state index contributed by atoms with van der Waals surface area (Å²) in [5.41, 5.74) is 1.27. The second kappa shape index (κ2) is 3.14. The Morgan fingerprint density at radius 2 is 1.78 bits per heavy atom. The van der Waals surface area contributed by atoms with Crippen LogP contribution in [0.5, 0.6) is 0 Å². The Morgan fingerprint density at radius 1 is 1.22 bits per heavy atom. The largest absolute Gasteiger partial charge is 0.0582 e. The molecule has 0 saturated heterocycles. The predicted molar refractivity (Wildman–Crippen MR) is 42.9 cm³/mol. The van der Waals surface area contributed by atoms with E-state index in [1.807, 2.05) is 24.3 Å². The molecule has 0 aromatic heterocycles. The average Bonchev–Trinajstić information content (AvgIpc) is 1.90. The Bertz CT molecular complexity index is 181. The van der Waals surface area contributed by atoms with Crippen LogP contribution in [0.25, 0.3) is 0 Å². The first kappa shape index (κ1) is 6.97. The molecule has 1 aromatic carbocycles. The minimum atomic E-state index is 1.10. The van der Waals surface area contributed by atoms with Gasteiger partial charge in [-0.1, -0.05) is 17.7 Å². The molecule has 0 spiro atoms. The first-order chi connectivity index (χ1) is 4.33. The molecule has 1 rings (SSSR count). The van der Waals surface area contributed by atoms with Crippen LogP contribution < -0.4 is 0 Å². The summed E-state index contributed by atoms with van der Waals surface area (Å²) in [5, 5.41) is 0. The smallest absolute Gasteiger partial charge is 0.0233 e. The molecule has 0 bridgehead atoms. The standard InChI is InChI=1S/C7H7ClS/c1-6-2-4-7(9-8)5-3-6/h2-5H,1H3. The van der Waals surface area contributed by atoms with Crippen LogP contribution in [0, 0.1) is 6.92 Å². The van der Waals surface area contributed by atoms with Gasteiger partial charge in [0.2, 0.25) is 0 Å². The molecule has 0 saturated carbocycles. The van der Waals surface area contributed by atoms with Crippen molar-refractivity contribution in [2.45, 2.75) is 11.8 Å². The van der Waals surface area contributed by atoms with E-state index in [0.717, 1.165) is 4.90 Å². The van der Waals surface area contributed by atoms with E-state index in [1.54, 1.807) is 0 Å².